The summed E-state index contributed by atoms with van der Waals surface area (Å²) in [5.74, 6) is 5.58. The van der Waals surface area contributed by atoms with Crippen LogP contribution in [-0.2, 0) is 4.74 Å². The summed E-state index contributed by atoms with van der Waals surface area (Å²) in [6.45, 7) is 0.462. The predicted octanol–water partition coefficient (Wildman–Crippen LogP) is 2.07. The fourth-order valence-corrected chi connectivity index (χ4v) is 2.23. The Morgan fingerprint density at radius 2 is 2.16 bits per heavy atom. The van der Waals surface area contributed by atoms with Gasteiger partial charge < -0.3 is 15.6 Å². The molecule has 0 atom stereocenters. The SMILES string of the molecule is Nc1cc(C#CCCOC2(O)CCCCC2)ccn1. The van der Waals surface area contributed by atoms with Gasteiger partial charge in [0.05, 0.1) is 6.61 Å². The van der Waals surface area contributed by atoms with Gasteiger partial charge in [0.1, 0.15) is 5.82 Å². The second kappa shape index (κ2) is 6.55. The number of ether oxygens (including phenoxy) is 1. The standard InChI is InChI=1S/C15H20N2O2/c16-14-12-13(7-10-17-14)6-2-5-11-19-15(18)8-3-1-4-9-15/h7,10,12,18H,1,3-5,8-9,11H2,(H2,16,17). The van der Waals surface area contributed by atoms with Crippen LogP contribution in [0.1, 0.15) is 44.1 Å². The van der Waals surface area contributed by atoms with Gasteiger partial charge in [-0.15, -0.1) is 0 Å². The molecule has 0 amide bonds. The van der Waals surface area contributed by atoms with Crippen LogP contribution in [0.4, 0.5) is 5.82 Å². The van der Waals surface area contributed by atoms with Gasteiger partial charge in [-0.2, -0.15) is 0 Å². The number of pyridine rings is 1. The summed E-state index contributed by atoms with van der Waals surface area (Å²) in [5, 5.41) is 10.1. The van der Waals surface area contributed by atoms with E-state index in [1.54, 1.807) is 12.3 Å². The van der Waals surface area contributed by atoms with Crippen LogP contribution in [-0.4, -0.2) is 22.5 Å². The Morgan fingerprint density at radius 1 is 1.37 bits per heavy atom. The lowest BCUT2D eigenvalue weighted by Crippen LogP contribution is -2.34. The van der Waals surface area contributed by atoms with Gasteiger partial charge in [-0.1, -0.05) is 18.3 Å². The molecule has 4 nitrogen and oxygen atoms in total. The van der Waals surface area contributed by atoms with Crippen LogP contribution >= 0.6 is 0 Å². The first kappa shape index (κ1) is 13.9. The minimum absolute atomic E-state index is 0.462. The van der Waals surface area contributed by atoms with Crippen molar-refractivity contribution in [3.05, 3.63) is 23.9 Å². The molecule has 0 radical (unpaired) electrons. The first-order chi connectivity index (χ1) is 9.18. The van der Waals surface area contributed by atoms with Crippen molar-refractivity contribution in [2.45, 2.75) is 44.3 Å². The van der Waals surface area contributed by atoms with Gasteiger partial charge in [0, 0.05) is 31.0 Å². The molecule has 0 spiro atoms. The lowest BCUT2D eigenvalue weighted by atomic mass is 9.94. The molecule has 1 aromatic heterocycles. The molecule has 102 valence electrons. The average molecular weight is 260 g/mol. The van der Waals surface area contributed by atoms with Crippen LogP contribution in [0.3, 0.4) is 0 Å². The van der Waals surface area contributed by atoms with Crippen molar-refractivity contribution in [2.24, 2.45) is 0 Å². The summed E-state index contributed by atoms with van der Waals surface area (Å²) in [6.07, 6.45) is 6.99. The minimum Gasteiger partial charge on any atom is -0.384 e. The zero-order valence-electron chi connectivity index (χ0n) is 11.1. The zero-order chi connectivity index (χ0) is 13.6. The van der Waals surface area contributed by atoms with E-state index < -0.39 is 5.79 Å². The van der Waals surface area contributed by atoms with E-state index >= 15 is 0 Å². The van der Waals surface area contributed by atoms with Gasteiger partial charge in [0.15, 0.2) is 5.79 Å². The summed E-state index contributed by atoms with van der Waals surface area (Å²) in [7, 11) is 0. The molecule has 1 fully saturated rings. The van der Waals surface area contributed by atoms with E-state index in [4.69, 9.17) is 10.5 Å². The van der Waals surface area contributed by atoms with Crippen molar-refractivity contribution < 1.29 is 9.84 Å². The van der Waals surface area contributed by atoms with Gasteiger partial charge in [0.25, 0.3) is 0 Å². The van der Waals surface area contributed by atoms with Crippen molar-refractivity contribution >= 4 is 5.82 Å². The maximum atomic E-state index is 10.1. The largest absolute Gasteiger partial charge is 0.384 e. The van der Waals surface area contributed by atoms with Crippen molar-refractivity contribution in [3.8, 4) is 11.8 Å². The second-order valence-electron chi connectivity index (χ2n) is 4.88. The molecule has 0 unspecified atom stereocenters. The molecular formula is C15H20N2O2. The Balaban J connectivity index is 1.75. The van der Waals surface area contributed by atoms with E-state index in [-0.39, 0.29) is 0 Å². The molecule has 3 N–H and O–H groups in total. The van der Waals surface area contributed by atoms with E-state index in [9.17, 15) is 5.11 Å². The molecule has 0 saturated heterocycles. The molecule has 4 heteroatoms. The highest BCUT2D eigenvalue weighted by Gasteiger charge is 2.29. The first-order valence-electron chi connectivity index (χ1n) is 6.75. The van der Waals surface area contributed by atoms with Crippen LogP contribution < -0.4 is 5.73 Å². The van der Waals surface area contributed by atoms with Crippen molar-refractivity contribution in [3.63, 3.8) is 0 Å². The highest BCUT2D eigenvalue weighted by Crippen LogP contribution is 2.28. The van der Waals surface area contributed by atoms with E-state index in [0.29, 0.717) is 18.8 Å². The van der Waals surface area contributed by atoms with Crippen molar-refractivity contribution in [1.29, 1.82) is 0 Å². The molecule has 0 bridgehead atoms. The van der Waals surface area contributed by atoms with Gasteiger partial charge >= 0.3 is 0 Å². The number of aliphatic hydroxyl groups is 1. The Morgan fingerprint density at radius 3 is 2.89 bits per heavy atom. The summed E-state index contributed by atoms with van der Waals surface area (Å²) >= 11 is 0. The van der Waals surface area contributed by atoms with Crippen molar-refractivity contribution in [1.82, 2.24) is 4.98 Å². The fraction of sp³-hybridized carbons (Fsp3) is 0.533. The molecule has 0 aromatic carbocycles. The Kier molecular flexibility index (Phi) is 4.78. The highest BCUT2D eigenvalue weighted by atomic mass is 16.6. The lowest BCUT2D eigenvalue weighted by molar-refractivity contribution is -0.219. The van der Waals surface area contributed by atoms with Gasteiger partial charge in [-0.05, 0) is 25.0 Å². The number of nitrogens with zero attached hydrogens (tertiary/aromatic N) is 1. The average Bonchev–Trinajstić information content (AvgIpc) is 2.39. The summed E-state index contributed by atoms with van der Waals surface area (Å²) in [6, 6.07) is 3.56. The molecule has 1 saturated carbocycles. The highest BCUT2D eigenvalue weighted by molar-refractivity contribution is 5.41. The van der Waals surface area contributed by atoms with E-state index in [1.165, 1.54) is 6.42 Å². The number of nitrogen functional groups attached to an aromatic ring is 1. The summed E-state index contributed by atoms with van der Waals surface area (Å²) < 4.78 is 5.55. The maximum absolute atomic E-state index is 10.1. The Hall–Kier alpha value is -1.57. The Bertz CT molecular complexity index is 471. The van der Waals surface area contributed by atoms with Crippen LogP contribution in [0.15, 0.2) is 18.3 Å². The van der Waals surface area contributed by atoms with E-state index in [2.05, 4.69) is 16.8 Å². The predicted molar refractivity (Wildman–Crippen MR) is 74.1 cm³/mol. The third-order valence-corrected chi connectivity index (χ3v) is 3.25. The van der Waals surface area contributed by atoms with Crippen LogP contribution in [0.2, 0.25) is 0 Å². The smallest absolute Gasteiger partial charge is 0.165 e. The normalized spacial score (nSPS) is 17.5. The van der Waals surface area contributed by atoms with Crippen molar-refractivity contribution in [2.75, 3.05) is 12.3 Å². The monoisotopic (exact) mass is 260 g/mol. The summed E-state index contributed by atoms with van der Waals surface area (Å²) in [5.41, 5.74) is 6.42. The molecular weight excluding hydrogens is 240 g/mol. The first-order valence-corrected chi connectivity index (χ1v) is 6.75. The van der Waals surface area contributed by atoms with Crippen LogP contribution in [0.25, 0.3) is 0 Å². The molecule has 1 aromatic rings. The molecule has 2 rings (SSSR count). The maximum Gasteiger partial charge on any atom is 0.165 e. The van der Waals surface area contributed by atoms with Gasteiger partial charge in [-0.3, -0.25) is 0 Å². The van der Waals surface area contributed by atoms with Crippen LogP contribution in [0.5, 0.6) is 0 Å². The second-order valence-corrected chi connectivity index (χ2v) is 4.88. The number of aromatic nitrogens is 1. The van der Waals surface area contributed by atoms with Crippen LogP contribution in [0, 0.1) is 11.8 Å². The topological polar surface area (TPSA) is 68.4 Å². The van der Waals surface area contributed by atoms with Gasteiger partial charge in [0.2, 0.25) is 0 Å². The number of anilines is 1. The van der Waals surface area contributed by atoms with E-state index in [0.717, 1.165) is 31.2 Å². The number of hydrogen-bond acceptors (Lipinski definition) is 4. The minimum atomic E-state index is -0.916. The third-order valence-electron chi connectivity index (χ3n) is 3.25. The molecule has 1 aliphatic carbocycles. The molecule has 19 heavy (non-hydrogen) atoms. The van der Waals surface area contributed by atoms with Gasteiger partial charge in [-0.25, -0.2) is 4.98 Å². The molecule has 0 aliphatic heterocycles. The quantitative estimate of drug-likeness (QED) is 0.496. The number of hydrogen-bond donors (Lipinski definition) is 2. The number of nitrogens with two attached hydrogens (primary N) is 1. The van der Waals surface area contributed by atoms with E-state index in [1.807, 2.05) is 6.07 Å². The Labute approximate surface area is 114 Å². The number of rotatable bonds is 3. The molecule has 1 aliphatic rings. The zero-order valence-corrected chi connectivity index (χ0v) is 11.1. The third kappa shape index (κ3) is 4.55. The summed E-state index contributed by atoms with van der Waals surface area (Å²) in [4.78, 5) is 3.91. The lowest BCUT2D eigenvalue weighted by Gasteiger charge is -2.31. The molecule has 1 heterocycles. The fourth-order valence-electron chi connectivity index (χ4n) is 2.23.